The summed E-state index contributed by atoms with van der Waals surface area (Å²) in [5.41, 5.74) is 1.23. The maximum atomic E-state index is 13.4. The minimum atomic E-state index is -0.838. The third kappa shape index (κ3) is 2.43. The van der Waals surface area contributed by atoms with Gasteiger partial charge in [-0.05, 0) is 47.0 Å². The van der Waals surface area contributed by atoms with E-state index in [1.807, 2.05) is 0 Å². The van der Waals surface area contributed by atoms with Crippen molar-refractivity contribution in [2.75, 3.05) is 5.32 Å². The van der Waals surface area contributed by atoms with Crippen molar-refractivity contribution in [1.82, 2.24) is 4.98 Å². The molecular formula is C13H10BrFN2O2S. The van der Waals surface area contributed by atoms with Gasteiger partial charge in [-0.1, -0.05) is 0 Å². The first-order valence-corrected chi connectivity index (χ1v) is 7.60. The Morgan fingerprint density at radius 3 is 3.05 bits per heavy atom. The summed E-state index contributed by atoms with van der Waals surface area (Å²) in [6, 6.07) is 4.71. The van der Waals surface area contributed by atoms with Crippen molar-refractivity contribution in [1.29, 1.82) is 0 Å². The average Bonchev–Trinajstić information content (AvgIpc) is 2.93. The third-order valence-corrected chi connectivity index (χ3v) is 4.88. The van der Waals surface area contributed by atoms with Gasteiger partial charge in [-0.15, -0.1) is 11.3 Å². The number of fused-ring (bicyclic) bond motifs is 1. The lowest BCUT2D eigenvalue weighted by Crippen LogP contribution is -2.08. The number of aliphatic carboxylic acids is 1. The van der Waals surface area contributed by atoms with Crippen molar-refractivity contribution < 1.29 is 14.3 Å². The number of carbonyl (C=O) groups is 1. The van der Waals surface area contributed by atoms with Crippen molar-refractivity contribution in [2.24, 2.45) is 0 Å². The second-order valence-electron chi connectivity index (χ2n) is 4.51. The molecule has 0 radical (unpaired) electrons. The zero-order chi connectivity index (χ0) is 14.3. The summed E-state index contributed by atoms with van der Waals surface area (Å²) < 4.78 is 13.8. The van der Waals surface area contributed by atoms with Crippen LogP contribution in [0.15, 0.2) is 22.7 Å². The van der Waals surface area contributed by atoms with Gasteiger partial charge in [0.15, 0.2) is 5.13 Å². The number of carboxylic acids is 1. The number of anilines is 2. The number of halogens is 2. The standard InChI is InChI=1S/C13H10BrFN2O2S/c14-8-3-1-6(5-9(8)15)16-13-17-11-7(12(18)19)2-4-10(11)20-13/h1,3,5,7H,2,4H2,(H,16,17)(H,18,19). The first-order valence-electron chi connectivity index (χ1n) is 5.99. The summed E-state index contributed by atoms with van der Waals surface area (Å²) in [5, 5.41) is 12.7. The molecule has 20 heavy (non-hydrogen) atoms. The van der Waals surface area contributed by atoms with Gasteiger partial charge in [0.1, 0.15) is 11.7 Å². The SMILES string of the molecule is O=C(O)C1CCc2sc(Nc3ccc(Br)c(F)c3)nc21. The Morgan fingerprint density at radius 1 is 1.55 bits per heavy atom. The number of hydrogen-bond acceptors (Lipinski definition) is 4. The number of nitrogens with one attached hydrogen (secondary N) is 1. The fourth-order valence-corrected chi connectivity index (χ4v) is 3.52. The van der Waals surface area contributed by atoms with Gasteiger partial charge in [0.25, 0.3) is 0 Å². The number of carboxylic acid groups (broad SMARTS) is 1. The molecule has 0 bridgehead atoms. The zero-order valence-corrected chi connectivity index (χ0v) is 12.6. The molecule has 0 fully saturated rings. The predicted octanol–water partition coefficient (Wildman–Crippen LogP) is 3.90. The number of nitrogens with zero attached hydrogens (tertiary/aromatic N) is 1. The normalized spacial score (nSPS) is 17.0. The highest BCUT2D eigenvalue weighted by Gasteiger charge is 2.32. The monoisotopic (exact) mass is 356 g/mol. The Bertz CT molecular complexity index is 689. The lowest BCUT2D eigenvalue weighted by atomic mass is 10.1. The molecule has 0 amide bonds. The first-order chi connectivity index (χ1) is 9.54. The van der Waals surface area contributed by atoms with Crippen molar-refractivity contribution in [2.45, 2.75) is 18.8 Å². The van der Waals surface area contributed by atoms with Crippen LogP contribution < -0.4 is 5.32 Å². The molecule has 2 N–H and O–H groups in total. The second-order valence-corrected chi connectivity index (χ2v) is 6.45. The van der Waals surface area contributed by atoms with Gasteiger partial charge >= 0.3 is 5.97 Å². The number of aryl methyl sites for hydroxylation is 1. The Hall–Kier alpha value is -1.47. The predicted molar refractivity (Wildman–Crippen MR) is 78.2 cm³/mol. The molecule has 1 heterocycles. The molecule has 0 saturated heterocycles. The van der Waals surface area contributed by atoms with Crippen LogP contribution in [0.4, 0.5) is 15.2 Å². The van der Waals surface area contributed by atoms with E-state index in [9.17, 15) is 9.18 Å². The van der Waals surface area contributed by atoms with E-state index in [0.717, 1.165) is 11.3 Å². The van der Waals surface area contributed by atoms with E-state index in [0.29, 0.717) is 27.4 Å². The minimum Gasteiger partial charge on any atom is -0.481 e. The van der Waals surface area contributed by atoms with Crippen LogP contribution in [0.1, 0.15) is 22.9 Å². The smallest absolute Gasteiger partial charge is 0.312 e. The summed E-state index contributed by atoms with van der Waals surface area (Å²) in [5.74, 6) is -1.71. The number of benzene rings is 1. The highest BCUT2D eigenvalue weighted by molar-refractivity contribution is 9.10. The van der Waals surface area contributed by atoms with E-state index in [2.05, 4.69) is 26.2 Å². The highest BCUT2D eigenvalue weighted by Crippen LogP contribution is 2.39. The van der Waals surface area contributed by atoms with E-state index in [1.165, 1.54) is 17.4 Å². The quantitative estimate of drug-likeness (QED) is 0.875. The summed E-state index contributed by atoms with van der Waals surface area (Å²) >= 11 is 4.52. The molecule has 0 aliphatic heterocycles. The van der Waals surface area contributed by atoms with Crippen LogP contribution in [0, 0.1) is 5.82 Å². The van der Waals surface area contributed by atoms with E-state index < -0.39 is 11.9 Å². The molecule has 104 valence electrons. The first kappa shape index (κ1) is 13.5. The molecule has 3 rings (SSSR count). The number of thiazole rings is 1. The molecule has 1 aromatic heterocycles. The number of hydrogen-bond donors (Lipinski definition) is 2. The maximum Gasteiger partial charge on any atom is 0.312 e. The highest BCUT2D eigenvalue weighted by atomic mass is 79.9. The Kier molecular flexibility index (Phi) is 3.47. The summed E-state index contributed by atoms with van der Waals surface area (Å²) in [6.07, 6.45) is 1.34. The van der Waals surface area contributed by atoms with Gasteiger partial charge in [0, 0.05) is 10.6 Å². The minimum absolute atomic E-state index is 0.359. The lowest BCUT2D eigenvalue weighted by molar-refractivity contribution is -0.138. The Balaban J connectivity index is 1.84. The molecule has 4 nitrogen and oxygen atoms in total. The fraction of sp³-hybridized carbons (Fsp3) is 0.231. The van der Waals surface area contributed by atoms with E-state index in [-0.39, 0.29) is 5.82 Å². The number of aromatic nitrogens is 1. The van der Waals surface area contributed by atoms with Gasteiger partial charge in [0.05, 0.1) is 10.2 Å². The van der Waals surface area contributed by atoms with Crippen molar-refractivity contribution in [3.05, 3.63) is 39.1 Å². The molecule has 0 saturated carbocycles. The van der Waals surface area contributed by atoms with E-state index in [4.69, 9.17) is 5.11 Å². The number of rotatable bonds is 3. The summed E-state index contributed by atoms with van der Waals surface area (Å²) in [7, 11) is 0. The lowest BCUT2D eigenvalue weighted by Gasteiger charge is -2.04. The molecule has 1 unspecified atom stereocenters. The zero-order valence-electron chi connectivity index (χ0n) is 10.2. The molecule has 1 aliphatic carbocycles. The molecule has 1 atom stereocenters. The van der Waals surface area contributed by atoms with Crippen LogP contribution in [-0.2, 0) is 11.2 Å². The third-order valence-electron chi connectivity index (χ3n) is 3.19. The summed E-state index contributed by atoms with van der Waals surface area (Å²) in [4.78, 5) is 16.4. The van der Waals surface area contributed by atoms with Gasteiger partial charge in [-0.2, -0.15) is 0 Å². The average molecular weight is 357 g/mol. The van der Waals surface area contributed by atoms with Crippen LogP contribution in [0.2, 0.25) is 0 Å². The largest absolute Gasteiger partial charge is 0.481 e. The van der Waals surface area contributed by atoms with Crippen LogP contribution >= 0.6 is 27.3 Å². The Labute approximate surface area is 126 Å². The van der Waals surface area contributed by atoms with E-state index >= 15 is 0 Å². The van der Waals surface area contributed by atoms with Gasteiger partial charge in [-0.3, -0.25) is 4.79 Å². The van der Waals surface area contributed by atoms with Gasteiger partial charge in [0.2, 0.25) is 0 Å². The Morgan fingerprint density at radius 2 is 2.35 bits per heavy atom. The van der Waals surface area contributed by atoms with Crippen LogP contribution in [0.3, 0.4) is 0 Å². The molecule has 2 aromatic rings. The molecule has 1 aromatic carbocycles. The molecule has 1 aliphatic rings. The molecule has 7 heteroatoms. The van der Waals surface area contributed by atoms with Crippen LogP contribution in [0.5, 0.6) is 0 Å². The topological polar surface area (TPSA) is 62.2 Å². The van der Waals surface area contributed by atoms with Gasteiger partial charge < -0.3 is 10.4 Å². The second kappa shape index (κ2) is 5.14. The van der Waals surface area contributed by atoms with Crippen molar-refractivity contribution >= 4 is 44.1 Å². The van der Waals surface area contributed by atoms with Gasteiger partial charge in [-0.25, -0.2) is 9.37 Å². The maximum absolute atomic E-state index is 13.4. The van der Waals surface area contributed by atoms with Crippen molar-refractivity contribution in [3.63, 3.8) is 0 Å². The van der Waals surface area contributed by atoms with E-state index in [1.54, 1.807) is 12.1 Å². The molecular weight excluding hydrogens is 347 g/mol. The molecule has 0 spiro atoms. The van der Waals surface area contributed by atoms with Crippen molar-refractivity contribution in [3.8, 4) is 0 Å². The fourth-order valence-electron chi connectivity index (χ4n) is 2.22. The summed E-state index contributed by atoms with van der Waals surface area (Å²) in [6.45, 7) is 0. The van der Waals surface area contributed by atoms with Crippen LogP contribution in [0.25, 0.3) is 0 Å². The van der Waals surface area contributed by atoms with Crippen LogP contribution in [-0.4, -0.2) is 16.1 Å².